The molecule has 6 nitrogen and oxygen atoms in total. The van der Waals surface area contributed by atoms with Crippen LogP contribution in [0.1, 0.15) is 17.7 Å². The zero-order chi connectivity index (χ0) is 21.6. The van der Waals surface area contributed by atoms with E-state index in [1.807, 2.05) is 6.08 Å². The zero-order valence-electron chi connectivity index (χ0n) is 16.8. The molecular weight excluding hydrogens is 417 g/mol. The summed E-state index contributed by atoms with van der Waals surface area (Å²) in [6.07, 6.45) is 4.78. The van der Waals surface area contributed by atoms with Crippen LogP contribution in [-0.4, -0.2) is 47.3 Å². The van der Waals surface area contributed by atoms with Gasteiger partial charge < -0.3 is 5.11 Å². The van der Waals surface area contributed by atoms with Gasteiger partial charge in [-0.2, -0.15) is 9.40 Å². The Labute approximate surface area is 180 Å². The van der Waals surface area contributed by atoms with Crippen LogP contribution in [0.3, 0.4) is 0 Å². The van der Waals surface area contributed by atoms with Crippen molar-refractivity contribution in [2.45, 2.75) is 17.7 Å². The van der Waals surface area contributed by atoms with Crippen LogP contribution in [0.5, 0.6) is 0 Å². The molecule has 0 spiro atoms. The highest BCUT2D eigenvalue weighted by Crippen LogP contribution is 2.45. The fraction of sp³-hybridized carbons (Fsp3) is 0.261. The van der Waals surface area contributed by atoms with Crippen LogP contribution in [-0.2, 0) is 16.4 Å². The second-order valence-corrected chi connectivity index (χ2v) is 10.1. The molecule has 0 radical (unpaired) electrons. The summed E-state index contributed by atoms with van der Waals surface area (Å²) in [6.45, 7) is 0.416. The number of halogens is 1. The van der Waals surface area contributed by atoms with Crippen molar-refractivity contribution < 1.29 is 17.9 Å². The molecule has 0 saturated carbocycles. The van der Waals surface area contributed by atoms with Crippen molar-refractivity contribution in [3.05, 3.63) is 83.4 Å². The number of nitrogens with zero attached hydrogens (tertiary/aromatic N) is 3. The molecule has 1 fully saturated rings. The molecular formula is C23H22FN3O3S. The molecule has 1 aliphatic heterocycles. The summed E-state index contributed by atoms with van der Waals surface area (Å²) in [6, 6.07) is 14.5. The normalized spacial score (nSPS) is 21.3. The van der Waals surface area contributed by atoms with Gasteiger partial charge in [-0.15, -0.1) is 0 Å². The van der Waals surface area contributed by atoms with E-state index in [-0.39, 0.29) is 23.9 Å². The van der Waals surface area contributed by atoms with Gasteiger partial charge in [0.1, 0.15) is 5.82 Å². The van der Waals surface area contributed by atoms with Crippen LogP contribution < -0.4 is 0 Å². The number of hydrogen-bond donors (Lipinski definition) is 1. The summed E-state index contributed by atoms with van der Waals surface area (Å²) in [5, 5.41) is 14.9. The third-order valence-electron chi connectivity index (χ3n) is 6.27. The predicted octanol–water partition coefficient (Wildman–Crippen LogP) is 3.02. The maximum absolute atomic E-state index is 13.3. The van der Waals surface area contributed by atoms with Crippen LogP contribution in [0.15, 0.2) is 71.3 Å². The zero-order valence-corrected chi connectivity index (χ0v) is 17.6. The molecule has 2 aliphatic rings. The molecule has 1 unspecified atom stereocenters. The number of aromatic nitrogens is 2. The van der Waals surface area contributed by atoms with Gasteiger partial charge in [0.05, 0.1) is 29.1 Å². The van der Waals surface area contributed by atoms with E-state index in [9.17, 15) is 17.9 Å². The Hall–Kier alpha value is -2.81. The first-order valence-electron chi connectivity index (χ1n) is 10.1. The molecule has 0 amide bonds. The Kier molecular flexibility index (Phi) is 4.80. The highest BCUT2D eigenvalue weighted by Gasteiger charge is 2.45. The Morgan fingerprint density at radius 3 is 2.55 bits per heavy atom. The van der Waals surface area contributed by atoms with Gasteiger partial charge in [0, 0.05) is 18.5 Å². The second kappa shape index (κ2) is 7.40. The van der Waals surface area contributed by atoms with E-state index >= 15 is 0 Å². The van der Waals surface area contributed by atoms with E-state index in [0.29, 0.717) is 19.4 Å². The topological polar surface area (TPSA) is 75.4 Å². The number of hydrogen-bond acceptors (Lipinski definition) is 4. The minimum absolute atomic E-state index is 0.152. The second-order valence-electron chi connectivity index (χ2n) is 8.13. The number of rotatable bonds is 4. The van der Waals surface area contributed by atoms with Crippen molar-refractivity contribution >= 4 is 16.1 Å². The number of aliphatic hydroxyl groups is 1. The largest absolute Gasteiger partial charge is 0.395 e. The standard InChI is InChI=1S/C23H22FN3O3S/c24-19-6-8-20(9-7-19)27-22-12-18-10-11-26(31(29,30)21-4-2-1-3-5-21)15-23(18,16-28)13-17(22)14-25-27/h1-9,12,14,28H,10-11,13,15-16H2. The van der Waals surface area contributed by atoms with Crippen molar-refractivity contribution in [1.29, 1.82) is 0 Å². The van der Waals surface area contributed by atoms with Gasteiger partial charge in [0.25, 0.3) is 0 Å². The third-order valence-corrected chi connectivity index (χ3v) is 8.13. The lowest BCUT2D eigenvalue weighted by Crippen LogP contribution is -2.51. The molecule has 160 valence electrons. The van der Waals surface area contributed by atoms with Gasteiger partial charge in [-0.1, -0.05) is 23.8 Å². The fourth-order valence-corrected chi connectivity index (χ4v) is 6.12. The van der Waals surface area contributed by atoms with Crippen molar-refractivity contribution in [2.24, 2.45) is 5.41 Å². The average molecular weight is 440 g/mol. The number of aliphatic hydroxyl groups excluding tert-OH is 1. The van der Waals surface area contributed by atoms with E-state index in [1.165, 1.54) is 16.4 Å². The van der Waals surface area contributed by atoms with Crippen LogP contribution in [0.25, 0.3) is 11.8 Å². The Bertz CT molecular complexity index is 1250. The number of fused-ring (bicyclic) bond motifs is 2. The summed E-state index contributed by atoms with van der Waals surface area (Å²) < 4.78 is 42.9. The molecule has 3 aromatic rings. The molecule has 8 heteroatoms. The van der Waals surface area contributed by atoms with E-state index < -0.39 is 15.4 Å². The van der Waals surface area contributed by atoms with Gasteiger partial charge in [-0.05, 0) is 60.9 Å². The summed E-state index contributed by atoms with van der Waals surface area (Å²) >= 11 is 0. The first-order valence-corrected chi connectivity index (χ1v) is 11.6. The maximum Gasteiger partial charge on any atom is 0.243 e. The molecule has 31 heavy (non-hydrogen) atoms. The SMILES string of the molecule is O=S(=O)(c1ccccc1)N1CCC2=Cc3c(cnn3-c3ccc(F)cc3)CC2(CO)C1. The smallest absolute Gasteiger partial charge is 0.243 e. The third kappa shape index (κ3) is 3.31. The van der Waals surface area contributed by atoms with Gasteiger partial charge in [-0.25, -0.2) is 17.5 Å². The van der Waals surface area contributed by atoms with E-state index in [2.05, 4.69) is 5.10 Å². The first kappa shape index (κ1) is 20.1. The summed E-state index contributed by atoms with van der Waals surface area (Å²) in [5.74, 6) is -0.311. The van der Waals surface area contributed by atoms with Crippen LogP contribution in [0.2, 0.25) is 0 Å². The van der Waals surface area contributed by atoms with Crippen molar-refractivity contribution in [3.8, 4) is 5.69 Å². The van der Waals surface area contributed by atoms with Gasteiger partial charge in [0.15, 0.2) is 0 Å². The van der Waals surface area contributed by atoms with Gasteiger partial charge in [0.2, 0.25) is 10.0 Å². The molecule has 1 N–H and O–H groups in total. The molecule has 5 rings (SSSR count). The van der Waals surface area contributed by atoms with Crippen molar-refractivity contribution in [1.82, 2.24) is 14.1 Å². The van der Waals surface area contributed by atoms with E-state index in [1.54, 1.807) is 53.3 Å². The lowest BCUT2D eigenvalue weighted by atomic mass is 9.69. The molecule has 2 heterocycles. The van der Waals surface area contributed by atoms with E-state index in [4.69, 9.17) is 0 Å². The quantitative estimate of drug-likeness (QED) is 0.678. The van der Waals surface area contributed by atoms with Crippen LogP contribution in [0.4, 0.5) is 4.39 Å². The lowest BCUT2D eigenvalue weighted by molar-refractivity contribution is 0.111. The summed E-state index contributed by atoms with van der Waals surface area (Å²) in [5.41, 5.74) is 2.92. The fourth-order valence-electron chi connectivity index (χ4n) is 4.58. The lowest BCUT2D eigenvalue weighted by Gasteiger charge is -2.45. The minimum atomic E-state index is -3.64. The molecule has 1 atom stereocenters. The Morgan fingerprint density at radius 1 is 1.10 bits per heavy atom. The summed E-state index contributed by atoms with van der Waals surface area (Å²) in [7, 11) is -3.64. The highest BCUT2D eigenvalue weighted by atomic mass is 32.2. The number of sulfonamides is 1. The van der Waals surface area contributed by atoms with Gasteiger partial charge in [-0.3, -0.25) is 0 Å². The summed E-state index contributed by atoms with van der Waals surface area (Å²) in [4.78, 5) is 0.260. The number of benzene rings is 2. The average Bonchev–Trinajstić information content (AvgIpc) is 3.20. The monoisotopic (exact) mass is 439 g/mol. The maximum atomic E-state index is 13.3. The molecule has 2 aromatic carbocycles. The van der Waals surface area contributed by atoms with Crippen molar-refractivity contribution in [3.63, 3.8) is 0 Å². The van der Waals surface area contributed by atoms with Crippen LogP contribution in [0, 0.1) is 11.2 Å². The molecule has 0 bridgehead atoms. The molecule has 1 aromatic heterocycles. The van der Waals surface area contributed by atoms with Gasteiger partial charge >= 0.3 is 0 Å². The van der Waals surface area contributed by atoms with Crippen molar-refractivity contribution in [2.75, 3.05) is 19.7 Å². The first-order chi connectivity index (χ1) is 14.9. The molecule has 1 saturated heterocycles. The van der Waals surface area contributed by atoms with Crippen LogP contribution >= 0.6 is 0 Å². The van der Waals surface area contributed by atoms with E-state index in [0.717, 1.165) is 22.5 Å². The predicted molar refractivity (Wildman–Crippen MR) is 115 cm³/mol. The minimum Gasteiger partial charge on any atom is -0.395 e. The molecule has 1 aliphatic carbocycles. The Balaban J connectivity index is 1.50. The highest BCUT2D eigenvalue weighted by molar-refractivity contribution is 7.89. The number of piperidine rings is 1. The Morgan fingerprint density at radius 2 is 1.84 bits per heavy atom.